The van der Waals surface area contributed by atoms with Crippen LogP contribution in [-0.4, -0.2) is 43.8 Å². The van der Waals surface area contributed by atoms with Crippen molar-refractivity contribution >= 4 is 40.2 Å². The van der Waals surface area contributed by atoms with Crippen LogP contribution in [0.3, 0.4) is 0 Å². The second kappa shape index (κ2) is 12.0. The first-order chi connectivity index (χ1) is 18.5. The van der Waals surface area contributed by atoms with Crippen LogP contribution in [0, 0.1) is 6.92 Å². The van der Waals surface area contributed by atoms with Crippen LogP contribution in [0.5, 0.6) is 0 Å². The minimum atomic E-state index is -4.15. The molecule has 2 heterocycles. The summed E-state index contributed by atoms with van der Waals surface area (Å²) in [5.74, 6) is 0.687. The van der Waals surface area contributed by atoms with Crippen molar-refractivity contribution < 1.29 is 22.8 Å². The Balaban J connectivity index is 1.40. The Bertz CT molecular complexity index is 1370. The third-order valence-electron chi connectivity index (χ3n) is 6.04. The highest BCUT2D eigenvalue weighted by molar-refractivity contribution is 8.15. The zero-order valence-corrected chi connectivity index (χ0v) is 22.6. The molecule has 1 fully saturated rings. The molecule has 1 saturated heterocycles. The first-order valence-corrected chi connectivity index (χ1v) is 13.5. The first-order valence-electron chi connectivity index (χ1n) is 12.5. The fourth-order valence-corrected chi connectivity index (χ4v) is 4.95. The van der Waals surface area contributed by atoms with Gasteiger partial charge >= 0.3 is 12.2 Å². The predicted molar refractivity (Wildman–Crippen MR) is 147 cm³/mol. The number of hydrogen-bond acceptors (Lipinski definition) is 5. The van der Waals surface area contributed by atoms with Crippen LogP contribution in [0.25, 0.3) is 11.4 Å². The average Bonchev–Trinajstić information content (AvgIpc) is 3.48. The second-order valence-electron chi connectivity index (χ2n) is 9.54. The lowest BCUT2D eigenvalue weighted by atomic mass is 9.99. The number of nitrogens with zero attached hydrogens (tertiary/aromatic N) is 5. The van der Waals surface area contributed by atoms with E-state index in [1.165, 1.54) is 27.7 Å². The summed E-state index contributed by atoms with van der Waals surface area (Å²) < 4.78 is 38.4. The van der Waals surface area contributed by atoms with Crippen LogP contribution < -0.4 is 10.2 Å². The van der Waals surface area contributed by atoms with E-state index in [-0.39, 0.29) is 24.0 Å². The number of hydrogen-bond donors (Lipinski definition) is 1. The Morgan fingerprint density at radius 1 is 1.15 bits per heavy atom. The summed E-state index contributed by atoms with van der Waals surface area (Å²) in [6.07, 6.45) is -3.10. The van der Waals surface area contributed by atoms with Gasteiger partial charge < -0.3 is 5.32 Å². The molecule has 12 heteroatoms. The number of aryl methyl sites for hydroxylation is 2. The zero-order chi connectivity index (χ0) is 28.2. The fourth-order valence-electron chi connectivity index (χ4n) is 4.09. The van der Waals surface area contributed by atoms with E-state index in [9.17, 15) is 22.8 Å². The van der Waals surface area contributed by atoms with E-state index in [1.807, 2.05) is 39.0 Å². The average molecular weight is 559 g/mol. The van der Waals surface area contributed by atoms with Crippen LogP contribution in [0.1, 0.15) is 50.2 Å². The molecule has 4 rings (SSSR count). The summed E-state index contributed by atoms with van der Waals surface area (Å²) in [6, 6.07) is 12.1. The molecule has 0 bridgehead atoms. The molecule has 3 aromatic rings. The Kier molecular flexibility index (Phi) is 8.73. The van der Waals surface area contributed by atoms with Gasteiger partial charge in [0.05, 0.1) is 11.4 Å². The molecule has 0 radical (unpaired) electrons. The van der Waals surface area contributed by atoms with Crippen LogP contribution in [0.2, 0.25) is 0 Å². The molecule has 0 aliphatic carbocycles. The lowest BCUT2D eigenvalue weighted by Crippen LogP contribution is -2.31. The van der Waals surface area contributed by atoms with E-state index >= 15 is 0 Å². The summed E-state index contributed by atoms with van der Waals surface area (Å²) in [5.41, 5.74) is 3.93. The lowest BCUT2D eigenvalue weighted by molar-refractivity contribution is -0.135. The quantitative estimate of drug-likeness (QED) is 0.308. The van der Waals surface area contributed by atoms with Crippen molar-refractivity contribution in [1.82, 2.24) is 14.8 Å². The molecule has 1 aliphatic heterocycles. The molecule has 1 aromatic heterocycles. The van der Waals surface area contributed by atoms with Crippen molar-refractivity contribution in [2.75, 3.05) is 16.0 Å². The number of unbranched alkanes of at least 4 members (excludes halogenated alkanes) is 1. The van der Waals surface area contributed by atoms with Crippen LogP contribution in [0.15, 0.2) is 53.8 Å². The summed E-state index contributed by atoms with van der Waals surface area (Å²) >= 11 is 1.22. The van der Waals surface area contributed by atoms with Gasteiger partial charge in [-0.05, 0) is 67.1 Å². The monoisotopic (exact) mass is 558 g/mol. The number of thioether (sulfide) groups is 1. The number of halogens is 3. The maximum absolute atomic E-state index is 12.7. The van der Waals surface area contributed by atoms with Gasteiger partial charge in [0, 0.05) is 24.2 Å². The molecule has 0 saturated carbocycles. The highest BCUT2D eigenvalue weighted by Gasteiger charge is 2.32. The van der Waals surface area contributed by atoms with Crippen molar-refractivity contribution in [3.05, 3.63) is 59.9 Å². The Labute approximate surface area is 228 Å². The van der Waals surface area contributed by atoms with Gasteiger partial charge in [0.1, 0.15) is 6.33 Å². The molecule has 2 aromatic carbocycles. The molecular weight excluding hydrogens is 529 g/mol. The smallest absolute Gasteiger partial charge is 0.306 e. The molecule has 3 amide bonds. The first kappa shape index (κ1) is 28.3. The minimum Gasteiger partial charge on any atom is -0.306 e. The number of urea groups is 1. The van der Waals surface area contributed by atoms with Gasteiger partial charge in [0.2, 0.25) is 5.91 Å². The third-order valence-corrected chi connectivity index (χ3v) is 6.96. The van der Waals surface area contributed by atoms with E-state index in [1.54, 1.807) is 24.3 Å². The van der Waals surface area contributed by atoms with E-state index < -0.39 is 18.6 Å². The topological polar surface area (TPSA) is 92.5 Å². The van der Waals surface area contributed by atoms with Gasteiger partial charge in [-0.25, -0.2) is 9.78 Å². The molecule has 0 unspecified atom stereocenters. The standard InChI is InChI=1S/C27H29F3N6O2S/c1-17(2)21-11-6-18(3)14-22(21)36-23(37)15-39-26(36)33-25(38)32-20-9-7-19(8-10-20)24-31-16-35(34-24)13-5-4-12-27(28,29)30/h6-11,14,16-17H,4-5,12-13,15H2,1-3H3,(H,32,38). The number of amidine groups is 1. The highest BCUT2D eigenvalue weighted by atomic mass is 32.2. The van der Waals surface area contributed by atoms with E-state index in [2.05, 4.69) is 20.4 Å². The van der Waals surface area contributed by atoms with Crippen molar-refractivity contribution in [1.29, 1.82) is 0 Å². The zero-order valence-electron chi connectivity index (χ0n) is 21.8. The van der Waals surface area contributed by atoms with Gasteiger partial charge in [0.25, 0.3) is 0 Å². The number of carbonyl (C=O) groups is 2. The summed E-state index contributed by atoms with van der Waals surface area (Å²) in [5, 5.41) is 7.36. The predicted octanol–water partition coefficient (Wildman–Crippen LogP) is 6.78. The maximum atomic E-state index is 12.7. The van der Waals surface area contributed by atoms with Crippen molar-refractivity contribution in [2.45, 2.75) is 58.7 Å². The summed E-state index contributed by atoms with van der Waals surface area (Å²) in [7, 11) is 0. The fraction of sp³-hybridized carbons (Fsp3) is 0.370. The van der Waals surface area contributed by atoms with Gasteiger partial charge in [-0.1, -0.05) is 37.7 Å². The number of anilines is 2. The Morgan fingerprint density at radius 2 is 1.90 bits per heavy atom. The molecule has 1 aliphatic rings. The number of rotatable bonds is 8. The number of carbonyl (C=O) groups excluding carboxylic acids is 2. The molecule has 1 N–H and O–H groups in total. The number of benzene rings is 2. The Hall–Kier alpha value is -3.67. The molecule has 0 spiro atoms. The van der Waals surface area contributed by atoms with Crippen molar-refractivity contribution in [3.63, 3.8) is 0 Å². The molecule has 39 heavy (non-hydrogen) atoms. The maximum Gasteiger partial charge on any atom is 0.389 e. The van der Waals surface area contributed by atoms with Gasteiger partial charge in [-0.2, -0.15) is 23.3 Å². The summed E-state index contributed by atoms with van der Waals surface area (Å²) in [6.45, 7) is 6.39. The largest absolute Gasteiger partial charge is 0.389 e. The number of aliphatic imine (C=N–C) groups is 1. The van der Waals surface area contributed by atoms with Gasteiger partial charge in [-0.15, -0.1) is 0 Å². The highest BCUT2D eigenvalue weighted by Crippen LogP contribution is 2.34. The molecular formula is C27H29F3N6O2S. The normalized spacial score (nSPS) is 15.0. The molecule has 206 valence electrons. The van der Waals surface area contributed by atoms with Gasteiger partial charge in [0.15, 0.2) is 11.0 Å². The molecule has 8 nitrogen and oxygen atoms in total. The van der Waals surface area contributed by atoms with Gasteiger partial charge in [-0.3, -0.25) is 14.4 Å². The SMILES string of the molecule is Cc1ccc(C(C)C)c(N2C(=O)CSC2=NC(=O)Nc2ccc(-c3ncn(CCCCC(F)(F)F)n3)cc2)c1. The van der Waals surface area contributed by atoms with Crippen molar-refractivity contribution in [3.8, 4) is 11.4 Å². The van der Waals surface area contributed by atoms with E-state index in [0.717, 1.165) is 16.8 Å². The van der Waals surface area contributed by atoms with Crippen molar-refractivity contribution in [2.24, 2.45) is 4.99 Å². The Morgan fingerprint density at radius 3 is 2.59 bits per heavy atom. The summed E-state index contributed by atoms with van der Waals surface area (Å²) in [4.78, 5) is 35.4. The molecule has 0 atom stereocenters. The lowest BCUT2D eigenvalue weighted by Gasteiger charge is -2.22. The van der Waals surface area contributed by atoms with Crippen LogP contribution in [0.4, 0.5) is 29.3 Å². The van der Waals surface area contributed by atoms with Crippen LogP contribution in [-0.2, 0) is 11.3 Å². The minimum absolute atomic E-state index is 0.0333. The number of aromatic nitrogens is 3. The number of amides is 3. The second-order valence-corrected chi connectivity index (χ2v) is 10.5. The third kappa shape index (κ3) is 7.47. The van der Waals surface area contributed by atoms with Crippen LogP contribution >= 0.6 is 11.8 Å². The number of nitrogens with one attached hydrogen (secondary N) is 1. The van der Waals surface area contributed by atoms with E-state index in [4.69, 9.17) is 0 Å². The van der Waals surface area contributed by atoms with E-state index in [0.29, 0.717) is 35.2 Å². The number of alkyl halides is 3.